The number of hydrogen-bond acceptors (Lipinski definition) is 2. The minimum atomic E-state index is 0.654. The molecule has 0 bridgehead atoms. The second-order valence-corrected chi connectivity index (χ2v) is 1.22. The summed E-state index contributed by atoms with van der Waals surface area (Å²) in [6, 6.07) is 0. The molecular formula is C7H10O2. The molecule has 0 rings (SSSR count). The number of methoxy groups -OCH3 is 1. The molecule has 0 heterocycles. The van der Waals surface area contributed by atoms with Gasteiger partial charge in [0.15, 0.2) is 0 Å². The van der Waals surface area contributed by atoms with Crippen molar-refractivity contribution in [2.45, 2.75) is 6.92 Å². The molecular weight excluding hydrogens is 116 g/mol. The highest BCUT2D eigenvalue weighted by Crippen LogP contribution is 1.70. The van der Waals surface area contributed by atoms with Crippen molar-refractivity contribution in [3.05, 3.63) is 24.0 Å². The molecule has 2 nitrogen and oxygen atoms in total. The predicted molar refractivity (Wildman–Crippen MR) is 34.8 cm³/mol. The van der Waals surface area contributed by atoms with Crippen LogP contribution in [0.2, 0.25) is 0 Å². The van der Waals surface area contributed by atoms with E-state index in [4.69, 9.17) is 4.74 Å². The van der Waals surface area contributed by atoms with Crippen molar-refractivity contribution in [1.82, 2.24) is 0 Å². The second-order valence-electron chi connectivity index (χ2n) is 1.22. The summed E-state index contributed by atoms with van der Waals surface area (Å²) in [4.78, 5) is 0. The Morgan fingerprint density at radius 2 is 2.00 bits per heavy atom. The highest BCUT2D eigenvalue weighted by atomic mass is 16.5. The molecule has 0 aromatic heterocycles. The topological polar surface area (TPSA) is 18.5 Å². The van der Waals surface area contributed by atoms with E-state index in [1.54, 1.807) is 7.11 Å². The first-order valence-corrected chi connectivity index (χ1v) is 2.70. The lowest BCUT2D eigenvalue weighted by Crippen LogP contribution is -1.73. The highest BCUT2D eigenvalue weighted by molar-refractivity contribution is 4.76. The standard InChI is InChI=1S/C7H10O2/c1-3-9-7-5-4-6-8-2/h6-7H,3H2,1-2H3. The highest BCUT2D eigenvalue weighted by Gasteiger charge is 1.60. The minimum absolute atomic E-state index is 0.654. The molecule has 0 aromatic rings. The number of ether oxygens (including phenoxy) is 2. The lowest BCUT2D eigenvalue weighted by molar-refractivity contribution is 0.270. The molecule has 0 saturated heterocycles. The van der Waals surface area contributed by atoms with Gasteiger partial charge in [-0.3, -0.25) is 0 Å². The first kappa shape index (κ1) is 7.90. The predicted octanol–water partition coefficient (Wildman–Crippen LogP) is 1.45. The lowest BCUT2D eigenvalue weighted by Gasteiger charge is -1.84. The molecule has 0 atom stereocenters. The van der Waals surface area contributed by atoms with Gasteiger partial charge < -0.3 is 9.47 Å². The Kier molecular flexibility index (Phi) is 6.06. The Hall–Kier alpha value is -1.10. The maximum Gasteiger partial charge on any atom is 0.133 e. The van der Waals surface area contributed by atoms with Gasteiger partial charge in [-0.2, -0.15) is 0 Å². The van der Waals surface area contributed by atoms with Crippen LogP contribution in [-0.4, -0.2) is 13.7 Å². The third-order valence-electron chi connectivity index (χ3n) is 0.569. The van der Waals surface area contributed by atoms with Crippen molar-refractivity contribution >= 4 is 0 Å². The van der Waals surface area contributed by atoms with E-state index >= 15 is 0 Å². The van der Waals surface area contributed by atoms with Crippen LogP contribution in [0.1, 0.15) is 6.92 Å². The van der Waals surface area contributed by atoms with Gasteiger partial charge in [-0.15, -0.1) is 0 Å². The van der Waals surface area contributed by atoms with Crippen LogP contribution in [0.5, 0.6) is 0 Å². The number of rotatable bonds is 3. The van der Waals surface area contributed by atoms with Gasteiger partial charge in [-0.05, 0) is 18.4 Å². The molecule has 0 unspecified atom stereocenters. The third kappa shape index (κ3) is 6.90. The van der Waals surface area contributed by atoms with Crippen LogP contribution >= 0.6 is 0 Å². The van der Waals surface area contributed by atoms with Gasteiger partial charge in [0.1, 0.15) is 12.5 Å². The van der Waals surface area contributed by atoms with Crippen LogP contribution in [-0.2, 0) is 9.47 Å². The summed E-state index contributed by atoms with van der Waals surface area (Å²) in [5.74, 6) is 0. The molecule has 0 saturated carbocycles. The summed E-state index contributed by atoms with van der Waals surface area (Å²) in [7, 11) is 1.55. The summed E-state index contributed by atoms with van der Waals surface area (Å²) < 4.78 is 9.35. The molecule has 0 amide bonds. The van der Waals surface area contributed by atoms with Gasteiger partial charge in [0.05, 0.1) is 13.7 Å². The largest absolute Gasteiger partial charge is 0.496 e. The van der Waals surface area contributed by atoms with Crippen molar-refractivity contribution in [3.8, 4) is 0 Å². The zero-order valence-electron chi connectivity index (χ0n) is 5.68. The van der Waals surface area contributed by atoms with Crippen LogP contribution in [0.4, 0.5) is 0 Å². The molecule has 0 spiro atoms. The van der Waals surface area contributed by atoms with Crippen molar-refractivity contribution in [2.24, 2.45) is 0 Å². The monoisotopic (exact) mass is 126 g/mol. The van der Waals surface area contributed by atoms with Gasteiger partial charge in [-0.25, -0.2) is 0 Å². The molecule has 0 N–H and O–H groups in total. The number of hydrogen-bond donors (Lipinski definition) is 0. The van der Waals surface area contributed by atoms with Crippen molar-refractivity contribution in [2.75, 3.05) is 13.7 Å². The van der Waals surface area contributed by atoms with E-state index in [0.29, 0.717) is 6.61 Å². The van der Waals surface area contributed by atoms with E-state index in [-0.39, 0.29) is 0 Å². The molecule has 0 aliphatic carbocycles. The van der Waals surface area contributed by atoms with Gasteiger partial charge >= 0.3 is 0 Å². The molecule has 2 heteroatoms. The van der Waals surface area contributed by atoms with Gasteiger partial charge in [0.25, 0.3) is 0 Å². The Balaban J connectivity index is 3.53. The second kappa shape index (κ2) is 6.90. The summed E-state index contributed by atoms with van der Waals surface area (Å²) in [6.07, 6.45) is 2.84. The minimum Gasteiger partial charge on any atom is -0.496 e. The summed E-state index contributed by atoms with van der Waals surface area (Å²) in [6.45, 7) is 2.56. The molecule has 0 aliphatic heterocycles. The van der Waals surface area contributed by atoms with E-state index in [2.05, 4.69) is 16.2 Å². The zero-order valence-corrected chi connectivity index (χ0v) is 5.68. The third-order valence-corrected chi connectivity index (χ3v) is 0.569. The maximum atomic E-state index is 4.81. The lowest BCUT2D eigenvalue weighted by atomic mass is 10.8. The van der Waals surface area contributed by atoms with E-state index in [0.717, 1.165) is 0 Å². The molecule has 50 valence electrons. The molecule has 0 aromatic carbocycles. The molecule has 0 radical (unpaired) electrons. The SMILES string of the molecule is CCOC=C=C=COC. The van der Waals surface area contributed by atoms with Crippen LogP contribution in [0.15, 0.2) is 24.0 Å². The molecule has 0 aliphatic rings. The average Bonchev–Trinajstić information content (AvgIpc) is 1.89. The van der Waals surface area contributed by atoms with E-state index in [9.17, 15) is 0 Å². The van der Waals surface area contributed by atoms with E-state index < -0.39 is 0 Å². The van der Waals surface area contributed by atoms with Crippen LogP contribution in [0, 0.1) is 0 Å². The quantitative estimate of drug-likeness (QED) is 0.421. The average molecular weight is 126 g/mol. The molecule has 9 heavy (non-hydrogen) atoms. The Labute approximate surface area is 55.1 Å². The van der Waals surface area contributed by atoms with Crippen molar-refractivity contribution in [3.63, 3.8) is 0 Å². The molecule has 0 fully saturated rings. The Bertz CT molecular complexity index is 137. The first-order chi connectivity index (χ1) is 4.41. The zero-order chi connectivity index (χ0) is 6.95. The van der Waals surface area contributed by atoms with Crippen LogP contribution < -0.4 is 0 Å². The summed E-state index contributed by atoms with van der Waals surface area (Å²) in [5.41, 5.74) is 5.20. The van der Waals surface area contributed by atoms with Gasteiger partial charge in [-0.1, -0.05) is 0 Å². The van der Waals surface area contributed by atoms with Crippen LogP contribution in [0.3, 0.4) is 0 Å². The summed E-state index contributed by atoms with van der Waals surface area (Å²) >= 11 is 0. The van der Waals surface area contributed by atoms with Crippen LogP contribution in [0.25, 0.3) is 0 Å². The summed E-state index contributed by atoms with van der Waals surface area (Å²) in [5, 5.41) is 0. The fourth-order valence-corrected chi connectivity index (χ4v) is 0.252. The normalized spacial score (nSPS) is 6.44. The van der Waals surface area contributed by atoms with Gasteiger partial charge in [0.2, 0.25) is 0 Å². The van der Waals surface area contributed by atoms with E-state index in [1.807, 2.05) is 6.92 Å². The Morgan fingerprint density at radius 3 is 2.56 bits per heavy atom. The van der Waals surface area contributed by atoms with E-state index in [1.165, 1.54) is 12.5 Å². The first-order valence-electron chi connectivity index (χ1n) is 2.70. The Morgan fingerprint density at radius 1 is 1.33 bits per heavy atom. The van der Waals surface area contributed by atoms with Crippen molar-refractivity contribution < 1.29 is 9.47 Å². The maximum absolute atomic E-state index is 4.81. The smallest absolute Gasteiger partial charge is 0.133 e. The van der Waals surface area contributed by atoms with Gasteiger partial charge in [0, 0.05) is 0 Å². The fourth-order valence-electron chi connectivity index (χ4n) is 0.252. The fraction of sp³-hybridized carbons (Fsp3) is 0.429. The van der Waals surface area contributed by atoms with Crippen molar-refractivity contribution in [1.29, 1.82) is 0 Å².